The molecule has 0 fully saturated rings. The van der Waals surface area contributed by atoms with Gasteiger partial charge in [0.15, 0.2) is 5.15 Å². The molecule has 0 saturated carbocycles. The van der Waals surface area contributed by atoms with E-state index in [4.69, 9.17) is 11.6 Å². The number of hydrogen-bond acceptors (Lipinski definition) is 5. The van der Waals surface area contributed by atoms with E-state index < -0.39 is 0 Å². The molecule has 3 heterocycles. The number of rotatable bonds is 0. The van der Waals surface area contributed by atoms with Crippen molar-refractivity contribution in [1.29, 1.82) is 0 Å². The zero-order valence-corrected chi connectivity index (χ0v) is 10.5. The van der Waals surface area contributed by atoms with Gasteiger partial charge in [0.05, 0.1) is 10.2 Å². The normalized spacial score (nSPS) is 11.6. The van der Waals surface area contributed by atoms with Crippen LogP contribution in [0.1, 0.15) is 0 Å². The number of thiophene rings is 1. The summed E-state index contributed by atoms with van der Waals surface area (Å²) in [4.78, 5) is 5.53. The first-order valence-electron chi connectivity index (χ1n) is 5.30. The number of fused-ring (bicyclic) bond motifs is 4. The third-order valence-corrected chi connectivity index (χ3v) is 4.29. The van der Waals surface area contributed by atoms with Crippen LogP contribution in [0.5, 0.6) is 0 Å². The molecule has 0 spiro atoms. The first-order chi connectivity index (χ1) is 8.83. The maximum atomic E-state index is 6.03. The van der Waals surface area contributed by atoms with E-state index in [1.807, 2.05) is 24.3 Å². The summed E-state index contributed by atoms with van der Waals surface area (Å²) in [6, 6.07) is 10.1. The molecule has 4 nitrogen and oxygen atoms in total. The van der Waals surface area contributed by atoms with Crippen LogP contribution >= 0.6 is 22.9 Å². The van der Waals surface area contributed by atoms with E-state index >= 15 is 0 Å². The van der Waals surface area contributed by atoms with E-state index in [1.54, 1.807) is 0 Å². The summed E-state index contributed by atoms with van der Waals surface area (Å²) in [7, 11) is 0. The SMILES string of the molecule is Clc1nnnc2c1sc1nc3ccccc3cc12. The summed E-state index contributed by atoms with van der Waals surface area (Å²) in [5, 5.41) is 13.9. The lowest BCUT2D eigenvalue weighted by molar-refractivity contribution is 0.900. The summed E-state index contributed by atoms with van der Waals surface area (Å²) in [5.41, 5.74) is 1.74. The number of halogens is 1. The Bertz CT molecular complexity index is 902. The second kappa shape index (κ2) is 3.57. The number of pyridine rings is 1. The van der Waals surface area contributed by atoms with E-state index in [2.05, 4.69) is 26.5 Å². The van der Waals surface area contributed by atoms with Crippen molar-refractivity contribution >= 4 is 54.3 Å². The summed E-state index contributed by atoms with van der Waals surface area (Å²) in [6.07, 6.45) is 0. The Morgan fingerprint density at radius 3 is 2.94 bits per heavy atom. The van der Waals surface area contributed by atoms with E-state index in [0.717, 1.165) is 31.3 Å². The fraction of sp³-hybridized carbons (Fsp3) is 0. The van der Waals surface area contributed by atoms with Crippen LogP contribution in [0, 0.1) is 0 Å². The number of benzene rings is 1. The third kappa shape index (κ3) is 1.31. The Morgan fingerprint density at radius 2 is 2.00 bits per heavy atom. The minimum atomic E-state index is 0.382. The fourth-order valence-corrected chi connectivity index (χ4v) is 3.22. The third-order valence-electron chi connectivity index (χ3n) is 2.82. The molecule has 18 heavy (non-hydrogen) atoms. The highest BCUT2D eigenvalue weighted by Gasteiger charge is 2.12. The minimum Gasteiger partial charge on any atom is -0.237 e. The highest BCUT2D eigenvalue weighted by atomic mass is 35.5. The van der Waals surface area contributed by atoms with Gasteiger partial charge >= 0.3 is 0 Å². The molecule has 0 N–H and O–H groups in total. The summed E-state index contributed by atoms with van der Waals surface area (Å²) in [5.74, 6) is 0. The molecule has 1 aromatic carbocycles. The molecule has 0 atom stereocenters. The maximum Gasteiger partial charge on any atom is 0.172 e. The molecule has 0 amide bonds. The molecule has 0 unspecified atom stereocenters. The van der Waals surface area contributed by atoms with Crippen LogP contribution in [-0.4, -0.2) is 20.4 Å². The smallest absolute Gasteiger partial charge is 0.172 e. The Kier molecular flexibility index (Phi) is 2.00. The average molecular weight is 273 g/mol. The Labute approximate surface area is 110 Å². The highest BCUT2D eigenvalue weighted by molar-refractivity contribution is 7.25. The predicted molar refractivity (Wildman–Crippen MR) is 73.0 cm³/mol. The van der Waals surface area contributed by atoms with E-state index in [-0.39, 0.29) is 0 Å². The number of nitrogens with zero attached hydrogens (tertiary/aromatic N) is 4. The van der Waals surface area contributed by atoms with E-state index in [9.17, 15) is 0 Å². The van der Waals surface area contributed by atoms with Gasteiger partial charge in [0.2, 0.25) is 0 Å². The molecule has 86 valence electrons. The molecule has 0 aliphatic carbocycles. The van der Waals surface area contributed by atoms with Crippen LogP contribution in [0.2, 0.25) is 5.15 Å². The van der Waals surface area contributed by atoms with Gasteiger partial charge in [-0.1, -0.05) is 29.8 Å². The topological polar surface area (TPSA) is 51.6 Å². The van der Waals surface area contributed by atoms with Crippen LogP contribution in [0.15, 0.2) is 30.3 Å². The van der Waals surface area contributed by atoms with Crippen LogP contribution in [-0.2, 0) is 0 Å². The van der Waals surface area contributed by atoms with Crippen molar-refractivity contribution < 1.29 is 0 Å². The predicted octanol–water partition coefficient (Wildman–Crippen LogP) is 3.44. The zero-order chi connectivity index (χ0) is 12.1. The molecule has 0 saturated heterocycles. The molecule has 4 aromatic rings. The van der Waals surface area contributed by atoms with Crippen molar-refractivity contribution in [2.75, 3.05) is 0 Å². The number of aromatic nitrogens is 4. The van der Waals surface area contributed by atoms with Crippen molar-refractivity contribution in [3.63, 3.8) is 0 Å². The molecule has 0 radical (unpaired) electrons. The Morgan fingerprint density at radius 1 is 1.11 bits per heavy atom. The first kappa shape index (κ1) is 10.1. The molecule has 6 heteroatoms. The number of para-hydroxylation sites is 1. The standard InChI is InChI=1S/C12H5ClN4S/c13-11-10-9(15-17-16-11)7-5-6-3-1-2-4-8(6)14-12(7)18-10/h1-5H. The molecule has 0 bridgehead atoms. The van der Waals surface area contributed by atoms with Crippen LogP contribution in [0.3, 0.4) is 0 Å². The Hall–Kier alpha value is -1.85. The van der Waals surface area contributed by atoms with Gasteiger partial charge in [-0.25, -0.2) is 4.98 Å². The monoisotopic (exact) mass is 272 g/mol. The molecular weight excluding hydrogens is 268 g/mol. The van der Waals surface area contributed by atoms with E-state index in [1.165, 1.54) is 11.3 Å². The quantitative estimate of drug-likeness (QED) is 0.492. The summed E-state index contributed by atoms with van der Waals surface area (Å²) in [6.45, 7) is 0. The Balaban J connectivity index is 2.27. The molecule has 0 aliphatic heterocycles. The second-order valence-corrected chi connectivity index (χ2v) is 5.25. The fourth-order valence-electron chi connectivity index (χ4n) is 2.00. The van der Waals surface area contributed by atoms with Crippen molar-refractivity contribution in [3.05, 3.63) is 35.5 Å². The van der Waals surface area contributed by atoms with Crippen molar-refractivity contribution in [2.45, 2.75) is 0 Å². The molecule has 0 aliphatic rings. The lowest BCUT2D eigenvalue weighted by Gasteiger charge is -1.96. The van der Waals surface area contributed by atoms with Crippen molar-refractivity contribution in [3.8, 4) is 0 Å². The van der Waals surface area contributed by atoms with Gasteiger partial charge in [-0.3, -0.25) is 0 Å². The minimum absolute atomic E-state index is 0.382. The maximum absolute atomic E-state index is 6.03. The average Bonchev–Trinajstić information content (AvgIpc) is 2.76. The molecular formula is C12H5ClN4S. The molecule has 4 rings (SSSR count). The first-order valence-corrected chi connectivity index (χ1v) is 6.49. The van der Waals surface area contributed by atoms with Crippen molar-refractivity contribution in [2.24, 2.45) is 0 Å². The van der Waals surface area contributed by atoms with Crippen molar-refractivity contribution in [1.82, 2.24) is 20.4 Å². The second-order valence-electron chi connectivity index (χ2n) is 3.89. The zero-order valence-electron chi connectivity index (χ0n) is 8.96. The summed E-state index contributed by atoms with van der Waals surface area (Å²) < 4.78 is 0.837. The van der Waals surface area contributed by atoms with Gasteiger partial charge in [0.25, 0.3) is 0 Å². The lowest BCUT2D eigenvalue weighted by atomic mass is 10.2. The van der Waals surface area contributed by atoms with Crippen LogP contribution in [0.4, 0.5) is 0 Å². The lowest BCUT2D eigenvalue weighted by Crippen LogP contribution is -1.86. The summed E-state index contributed by atoms with van der Waals surface area (Å²) >= 11 is 7.52. The van der Waals surface area contributed by atoms with Gasteiger partial charge in [0.1, 0.15) is 10.3 Å². The van der Waals surface area contributed by atoms with Gasteiger partial charge in [-0.15, -0.1) is 21.5 Å². The van der Waals surface area contributed by atoms with Crippen LogP contribution in [0.25, 0.3) is 31.3 Å². The van der Waals surface area contributed by atoms with Gasteiger partial charge < -0.3 is 0 Å². The highest BCUT2D eigenvalue weighted by Crippen LogP contribution is 2.35. The van der Waals surface area contributed by atoms with Crippen LogP contribution < -0.4 is 0 Å². The van der Waals surface area contributed by atoms with Gasteiger partial charge in [-0.2, -0.15) is 0 Å². The molecule has 3 aromatic heterocycles. The largest absolute Gasteiger partial charge is 0.237 e. The number of hydrogen-bond donors (Lipinski definition) is 0. The van der Waals surface area contributed by atoms with E-state index in [0.29, 0.717) is 5.15 Å². The van der Waals surface area contributed by atoms with Gasteiger partial charge in [-0.05, 0) is 17.3 Å². The van der Waals surface area contributed by atoms with Gasteiger partial charge in [0, 0.05) is 10.8 Å².